The smallest absolute Gasteiger partial charge is 0.398 e. The molecule has 0 radical (unpaired) electrons. The van der Waals surface area contributed by atoms with Crippen LogP contribution in [0.3, 0.4) is 0 Å². The summed E-state index contributed by atoms with van der Waals surface area (Å²) in [6, 6.07) is 7.71. The normalized spacial score (nSPS) is 18.7. The van der Waals surface area contributed by atoms with E-state index in [0.717, 1.165) is 11.1 Å². The molecule has 0 saturated carbocycles. The second-order valence-corrected chi connectivity index (χ2v) is 6.04. The minimum atomic E-state index is -0.456. The summed E-state index contributed by atoms with van der Waals surface area (Å²) in [4.78, 5) is 0. The Labute approximate surface area is 132 Å². The first-order valence-corrected chi connectivity index (χ1v) is 7.57. The van der Waals surface area contributed by atoms with Gasteiger partial charge in [0.2, 0.25) is 0 Å². The number of rotatable bonds is 1. The maximum absolute atomic E-state index is 8.90. The Balaban J connectivity index is 0.000000847. The molecule has 2 aromatic rings. The van der Waals surface area contributed by atoms with Gasteiger partial charge in [-0.05, 0) is 45.9 Å². The van der Waals surface area contributed by atoms with E-state index in [9.17, 15) is 0 Å². The Morgan fingerprint density at radius 3 is 2.27 bits per heavy atom. The molecule has 1 fully saturated rings. The summed E-state index contributed by atoms with van der Waals surface area (Å²) < 4.78 is 13.8. The molecule has 116 valence electrons. The standard InChI is InChI=1S/C14H16BN3O2.C2H6/c1-13(2)14(3,4)20-15(19-13)12-6-5-11-7-10(8-16)9-17-18(11)12;1-2/h5-7,9H,1-4H3;1-2H3. The summed E-state index contributed by atoms with van der Waals surface area (Å²) in [5.74, 6) is 0. The van der Waals surface area contributed by atoms with E-state index in [1.807, 2.05) is 53.7 Å². The van der Waals surface area contributed by atoms with Crippen molar-refractivity contribution in [2.24, 2.45) is 0 Å². The van der Waals surface area contributed by atoms with Crippen LogP contribution in [-0.2, 0) is 9.31 Å². The molecule has 3 heterocycles. The molecule has 1 aliphatic rings. The van der Waals surface area contributed by atoms with Crippen LogP contribution < -0.4 is 5.59 Å². The van der Waals surface area contributed by atoms with Crippen LogP contribution in [0.25, 0.3) is 5.52 Å². The van der Waals surface area contributed by atoms with Crippen LogP contribution in [0.15, 0.2) is 24.4 Å². The van der Waals surface area contributed by atoms with Gasteiger partial charge in [-0.15, -0.1) is 0 Å². The van der Waals surface area contributed by atoms with Gasteiger partial charge in [-0.3, -0.25) is 0 Å². The van der Waals surface area contributed by atoms with Gasteiger partial charge in [0.1, 0.15) is 6.07 Å². The number of aromatic nitrogens is 2. The van der Waals surface area contributed by atoms with Crippen molar-refractivity contribution >= 4 is 18.2 Å². The molecular weight excluding hydrogens is 277 g/mol. The molecule has 3 rings (SSSR count). The van der Waals surface area contributed by atoms with Crippen LogP contribution in [0.2, 0.25) is 0 Å². The Morgan fingerprint density at radius 1 is 1.14 bits per heavy atom. The third-order valence-corrected chi connectivity index (χ3v) is 4.15. The zero-order valence-electron chi connectivity index (χ0n) is 14.0. The summed E-state index contributed by atoms with van der Waals surface area (Å²) >= 11 is 0. The Hall–Kier alpha value is -1.84. The highest BCUT2D eigenvalue weighted by Crippen LogP contribution is 2.36. The lowest BCUT2D eigenvalue weighted by Crippen LogP contribution is -2.41. The Morgan fingerprint density at radius 2 is 1.73 bits per heavy atom. The fourth-order valence-corrected chi connectivity index (χ4v) is 2.22. The Bertz CT molecular complexity index is 700. The molecule has 0 aromatic carbocycles. The topological polar surface area (TPSA) is 59.5 Å². The van der Waals surface area contributed by atoms with Gasteiger partial charge in [-0.25, -0.2) is 4.52 Å². The molecule has 0 spiro atoms. The highest BCUT2D eigenvalue weighted by atomic mass is 16.7. The van der Waals surface area contributed by atoms with E-state index in [1.165, 1.54) is 0 Å². The van der Waals surface area contributed by atoms with Gasteiger partial charge >= 0.3 is 7.12 Å². The number of hydrogen-bond acceptors (Lipinski definition) is 4. The summed E-state index contributed by atoms with van der Waals surface area (Å²) in [6.07, 6.45) is 1.54. The van der Waals surface area contributed by atoms with E-state index in [-0.39, 0.29) is 11.2 Å². The van der Waals surface area contributed by atoms with Crippen LogP contribution in [-0.4, -0.2) is 27.9 Å². The predicted molar refractivity (Wildman–Crippen MR) is 87.0 cm³/mol. The Kier molecular flexibility index (Phi) is 4.32. The average Bonchev–Trinajstić information content (AvgIpc) is 2.99. The molecule has 5 nitrogen and oxygen atoms in total. The zero-order valence-corrected chi connectivity index (χ0v) is 14.0. The van der Waals surface area contributed by atoms with E-state index in [2.05, 4.69) is 11.2 Å². The molecule has 0 amide bonds. The van der Waals surface area contributed by atoms with Gasteiger partial charge in [0, 0.05) is 0 Å². The predicted octanol–water partition coefficient (Wildman–Crippen LogP) is 2.53. The molecule has 0 aliphatic carbocycles. The quantitative estimate of drug-likeness (QED) is 0.759. The van der Waals surface area contributed by atoms with Gasteiger partial charge in [0.25, 0.3) is 0 Å². The number of hydrogen-bond donors (Lipinski definition) is 0. The van der Waals surface area contributed by atoms with Crippen LogP contribution >= 0.6 is 0 Å². The third kappa shape index (κ3) is 2.62. The highest BCUT2D eigenvalue weighted by Gasteiger charge is 2.52. The van der Waals surface area contributed by atoms with E-state index >= 15 is 0 Å². The largest absolute Gasteiger partial charge is 0.514 e. The van der Waals surface area contributed by atoms with E-state index in [0.29, 0.717) is 5.56 Å². The fourth-order valence-electron chi connectivity index (χ4n) is 2.22. The van der Waals surface area contributed by atoms with E-state index < -0.39 is 7.12 Å². The molecule has 22 heavy (non-hydrogen) atoms. The first kappa shape index (κ1) is 16.5. The molecule has 2 aromatic heterocycles. The molecule has 0 atom stereocenters. The summed E-state index contributed by atoms with van der Waals surface area (Å²) in [5.41, 5.74) is 1.47. The van der Waals surface area contributed by atoms with Crippen molar-refractivity contribution in [1.82, 2.24) is 9.61 Å². The van der Waals surface area contributed by atoms with Gasteiger partial charge < -0.3 is 9.31 Å². The molecular formula is C16H22BN3O2. The molecule has 6 heteroatoms. The zero-order chi connectivity index (χ0) is 16.5. The van der Waals surface area contributed by atoms with Crippen molar-refractivity contribution in [1.29, 1.82) is 5.26 Å². The summed E-state index contributed by atoms with van der Waals surface area (Å²) in [6.45, 7) is 12.1. The maximum Gasteiger partial charge on any atom is 0.514 e. The van der Waals surface area contributed by atoms with Gasteiger partial charge in [0.15, 0.2) is 0 Å². The molecule has 0 bridgehead atoms. The lowest BCUT2D eigenvalue weighted by atomic mass is 9.85. The van der Waals surface area contributed by atoms with Crippen LogP contribution in [0.1, 0.15) is 47.1 Å². The van der Waals surface area contributed by atoms with Crippen molar-refractivity contribution in [3.8, 4) is 6.07 Å². The maximum atomic E-state index is 8.90. The number of fused-ring (bicyclic) bond motifs is 1. The third-order valence-electron chi connectivity index (χ3n) is 4.15. The van der Waals surface area contributed by atoms with Crippen molar-refractivity contribution in [3.63, 3.8) is 0 Å². The highest BCUT2D eigenvalue weighted by molar-refractivity contribution is 6.61. The molecule has 0 N–H and O–H groups in total. The fraction of sp³-hybridized carbons (Fsp3) is 0.500. The van der Waals surface area contributed by atoms with Crippen molar-refractivity contribution in [3.05, 3.63) is 30.0 Å². The van der Waals surface area contributed by atoms with Crippen molar-refractivity contribution in [2.75, 3.05) is 0 Å². The molecule has 1 aliphatic heterocycles. The van der Waals surface area contributed by atoms with E-state index in [1.54, 1.807) is 16.8 Å². The average molecular weight is 299 g/mol. The molecule has 1 saturated heterocycles. The number of nitrogens with zero attached hydrogens (tertiary/aromatic N) is 3. The van der Waals surface area contributed by atoms with Crippen molar-refractivity contribution < 1.29 is 9.31 Å². The van der Waals surface area contributed by atoms with Gasteiger partial charge in [-0.1, -0.05) is 13.8 Å². The van der Waals surface area contributed by atoms with Crippen LogP contribution in [0.4, 0.5) is 0 Å². The first-order chi connectivity index (χ1) is 10.3. The van der Waals surface area contributed by atoms with Gasteiger partial charge in [-0.2, -0.15) is 10.4 Å². The van der Waals surface area contributed by atoms with Gasteiger partial charge in [0.05, 0.1) is 34.1 Å². The number of nitriles is 1. The summed E-state index contributed by atoms with van der Waals surface area (Å²) in [5, 5.41) is 13.2. The minimum Gasteiger partial charge on any atom is -0.398 e. The summed E-state index contributed by atoms with van der Waals surface area (Å²) in [7, 11) is -0.456. The lowest BCUT2D eigenvalue weighted by Gasteiger charge is -2.32. The van der Waals surface area contributed by atoms with Crippen molar-refractivity contribution in [2.45, 2.75) is 52.7 Å². The molecule has 0 unspecified atom stereocenters. The van der Waals surface area contributed by atoms with Crippen LogP contribution in [0.5, 0.6) is 0 Å². The lowest BCUT2D eigenvalue weighted by molar-refractivity contribution is 0.00578. The SMILES string of the molecule is CC.CC1(C)OB(c2ccc3cc(C#N)cnn23)OC1(C)C. The van der Waals surface area contributed by atoms with Crippen LogP contribution in [0, 0.1) is 11.3 Å². The van der Waals surface area contributed by atoms with E-state index in [4.69, 9.17) is 14.6 Å². The first-order valence-electron chi connectivity index (χ1n) is 7.57. The second kappa shape index (κ2) is 5.75. The monoisotopic (exact) mass is 299 g/mol. The minimum absolute atomic E-state index is 0.381. The second-order valence-electron chi connectivity index (χ2n) is 6.04.